The molecular formula is C21H26N2O3S. The van der Waals surface area contributed by atoms with Crippen molar-refractivity contribution in [2.24, 2.45) is 0 Å². The zero-order valence-corrected chi connectivity index (χ0v) is 17.0. The molecule has 2 aromatic carbocycles. The van der Waals surface area contributed by atoms with Crippen molar-refractivity contribution >= 4 is 21.6 Å². The van der Waals surface area contributed by atoms with E-state index in [0.29, 0.717) is 11.3 Å². The van der Waals surface area contributed by atoms with Crippen LogP contribution in [0.3, 0.4) is 0 Å². The van der Waals surface area contributed by atoms with Crippen LogP contribution in [0.5, 0.6) is 0 Å². The number of nitrogens with one attached hydrogen (secondary N) is 1. The van der Waals surface area contributed by atoms with Gasteiger partial charge in [-0.3, -0.25) is 9.10 Å². The lowest BCUT2D eigenvalue weighted by Gasteiger charge is -2.21. The number of amides is 1. The van der Waals surface area contributed by atoms with Gasteiger partial charge < -0.3 is 5.32 Å². The standard InChI is InChI=1S/C21H26N2O3S/c1-6-13-23(27(5,25)26)19-11-9-18(10-12-19)21(24)22-17(4)20-14-15(2)7-8-16(20)3/h6-12,14,17H,1,13H2,2-5H3,(H,22,24). The van der Waals surface area contributed by atoms with Crippen molar-refractivity contribution in [1.82, 2.24) is 5.32 Å². The minimum Gasteiger partial charge on any atom is -0.346 e. The van der Waals surface area contributed by atoms with E-state index in [1.807, 2.05) is 32.9 Å². The number of carbonyl (C=O) groups excluding carboxylic acids is 1. The lowest BCUT2D eigenvalue weighted by Crippen LogP contribution is -2.30. The van der Waals surface area contributed by atoms with Crippen LogP contribution in [0.2, 0.25) is 0 Å². The average Bonchev–Trinajstić information content (AvgIpc) is 2.60. The molecule has 0 aliphatic heterocycles. The molecule has 0 aliphatic carbocycles. The molecule has 5 nitrogen and oxygen atoms in total. The molecule has 27 heavy (non-hydrogen) atoms. The fraction of sp³-hybridized carbons (Fsp3) is 0.286. The first-order valence-electron chi connectivity index (χ1n) is 8.70. The summed E-state index contributed by atoms with van der Waals surface area (Å²) < 4.78 is 25.0. The fourth-order valence-electron chi connectivity index (χ4n) is 2.91. The van der Waals surface area contributed by atoms with E-state index in [0.717, 1.165) is 22.9 Å². The van der Waals surface area contributed by atoms with Crippen LogP contribution in [-0.2, 0) is 10.0 Å². The highest BCUT2D eigenvalue weighted by atomic mass is 32.2. The predicted molar refractivity (Wildman–Crippen MR) is 111 cm³/mol. The molecule has 0 fully saturated rings. The maximum Gasteiger partial charge on any atom is 0.251 e. The summed E-state index contributed by atoms with van der Waals surface area (Å²) in [5.74, 6) is -0.204. The molecule has 1 atom stereocenters. The monoisotopic (exact) mass is 386 g/mol. The van der Waals surface area contributed by atoms with E-state index in [9.17, 15) is 13.2 Å². The van der Waals surface area contributed by atoms with Gasteiger partial charge in [0.25, 0.3) is 5.91 Å². The Labute approximate surface area is 161 Å². The second kappa shape index (κ2) is 8.39. The average molecular weight is 387 g/mol. The second-order valence-corrected chi connectivity index (χ2v) is 8.59. The second-order valence-electron chi connectivity index (χ2n) is 6.68. The number of hydrogen-bond acceptors (Lipinski definition) is 3. The smallest absolute Gasteiger partial charge is 0.251 e. The molecule has 2 rings (SSSR count). The highest BCUT2D eigenvalue weighted by Gasteiger charge is 2.17. The van der Waals surface area contributed by atoms with Gasteiger partial charge in [0, 0.05) is 5.56 Å². The molecule has 144 valence electrons. The summed E-state index contributed by atoms with van der Waals surface area (Å²) in [5, 5.41) is 3.00. The number of hydrogen-bond donors (Lipinski definition) is 1. The molecule has 0 aromatic heterocycles. The van der Waals surface area contributed by atoms with Gasteiger partial charge in [-0.1, -0.05) is 29.8 Å². The van der Waals surface area contributed by atoms with Crippen molar-refractivity contribution in [2.45, 2.75) is 26.8 Å². The molecule has 0 radical (unpaired) electrons. The normalized spacial score (nSPS) is 12.3. The summed E-state index contributed by atoms with van der Waals surface area (Å²) >= 11 is 0. The molecular weight excluding hydrogens is 360 g/mol. The molecule has 1 amide bonds. The van der Waals surface area contributed by atoms with Crippen LogP contribution in [0.25, 0.3) is 0 Å². The Morgan fingerprint density at radius 1 is 1.19 bits per heavy atom. The Hall–Kier alpha value is -2.60. The van der Waals surface area contributed by atoms with Gasteiger partial charge in [0.1, 0.15) is 0 Å². The van der Waals surface area contributed by atoms with Crippen LogP contribution in [0.4, 0.5) is 5.69 Å². The highest BCUT2D eigenvalue weighted by molar-refractivity contribution is 7.92. The van der Waals surface area contributed by atoms with Crippen LogP contribution in [0.1, 0.15) is 40.0 Å². The molecule has 0 saturated carbocycles. The molecule has 2 aromatic rings. The first-order chi connectivity index (χ1) is 12.6. The first kappa shape index (κ1) is 20.7. The summed E-state index contributed by atoms with van der Waals surface area (Å²) in [5.41, 5.74) is 4.31. The summed E-state index contributed by atoms with van der Waals surface area (Å²) in [6.07, 6.45) is 2.66. The van der Waals surface area contributed by atoms with Crippen LogP contribution >= 0.6 is 0 Å². The van der Waals surface area contributed by atoms with Crippen molar-refractivity contribution in [3.05, 3.63) is 77.4 Å². The number of rotatable bonds is 7. The van der Waals surface area contributed by atoms with Gasteiger partial charge in [-0.15, -0.1) is 6.58 Å². The largest absolute Gasteiger partial charge is 0.346 e. The summed E-state index contributed by atoms with van der Waals surface area (Å²) in [7, 11) is -3.42. The summed E-state index contributed by atoms with van der Waals surface area (Å²) in [6.45, 7) is 9.75. The molecule has 6 heteroatoms. The van der Waals surface area contributed by atoms with Crippen molar-refractivity contribution in [3.63, 3.8) is 0 Å². The van der Waals surface area contributed by atoms with Gasteiger partial charge in [0.05, 0.1) is 24.5 Å². The van der Waals surface area contributed by atoms with Crippen LogP contribution < -0.4 is 9.62 Å². The number of carbonyl (C=O) groups is 1. The number of aryl methyl sites for hydroxylation is 2. The van der Waals surface area contributed by atoms with E-state index < -0.39 is 10.0 Å². The highest BCUT2D eigenvalue weighted by Crippen LogP contribution is 2.21. The van der Waals surface area contributed by atoms with E-state index in [1.54, 1.807) is 24.3 Å². The molecule has 0 bridgehead atoms. The first-order valence-corrected chi connectivity index (χ1v) is 10.5. The molecule has 0 spiro atoms. The lowest BCUT2D eigenvalue weighted by atomic mass is 9.99. The number of benzene rings is 2. The Balaban J connectivity index is 2.18. The Morgan fingerprint density at radius 3 is 2.37 bits per heavy atom. The third-order valence-corrected chi connectivity index (χ3v) is 5.52. The number of nitrogens with zero attached hydrogens (tertiary/aromatic N) is 1. The minimum absolute atomic E-state index is 0.134. The minimum atomic E-state index is -3.42. The quantitative estimate of drug-likeness (QED) is 0.737. The van der Waals surface area contributed by atoms with Gasteiger partial charge in [0.2, 0.25) is 10.0 Å². The third kappa shape index (κ3) is 5.20. The van der Waals surface area contributed by atoms with Gasteiger partial charge >= 0.3 is 0 Å². The van der Waals surface area contributed by atoms with E-state index in [2.05, 4.69) is 18.0 Å². The van der Waals surface area contributed by atoms with Gasteiger partial charge in [0.15, 0.2) is 0 Å². The van der Waals surface area contributed by atoms with E-state index in [4.69, 9.17) is 0 Å². The molecule has 0 aliphatic rings. The Bertz CT molecular complexity index is 934. The van der Waals surface area contributed by atoms with Crippen LogP contribution in [0.15, 0.2) is 55.1 Å². The van der Waals surface area contributed by atoms with Crippen LogP contribution in [0, 0.1) is 13.8 Å². The zero-order valence-electron chi connectivity index (χ0n) is 16.2. The van der Waals surface area contributed by atoms with E-state index in [1.165, 1.54) is 10.4 Å². The zero-order chi connectivity index (χ0) is 20.2. The van der Waals surface area contributed by atoms with Crippen molar-refractivity contribution in [3.8, 4) is 0 Å². The topological polar surface area (TPSA) is 66.5 Å². The summed E-state index contributed by atoms with van der Waals surface area (Å²) in [4.78, 5) is 12.6. The molecule has 1 N–H and O–H groups in total. The Morgan fingerprint density at radius 2 is 1.81 bits per heavy atom. The summed E-state index contributed by atoms with van der Waals surface area (Å²) in [6, 6.07) is 12.5. The van der Waals surface area contributed by atoms with E-state index >= 15 is 0 Å². The van der Waals surface area contributed by atoms with Gasteiger partial charge in [-0.2, -0.15) is 0 Å². The maximum absolute atomic E-state index is 12.6. The van der Waals surface area contributed by atoms with Gasteiger partial charge in [-0.05, 0) is 56.2 Å². The molecule has 0 saturated heterocycles. The molecule has 0 heterocycles. The van der Waals surface area contributed by atoms with E-state index in [-0.39, 0.29) is 18.5 Å². The SMILES string of the molecule is C=CCN(c1ccc(C(=O)NC(C)c2cc(C)ccc2C)cc1)S(C)(=O)=O. The maximum atomic E-state index is 12.6. The Kier molecular flexibility index (Phi) is 6.44. The van der Waals surface area contributed by atoms with Crippen LogP contribution in [-0.4, -0.2) is 27.1 Å². The van der Waals surface area contributed by atoms with Crippen molar-refractivity contribution in [2.75, 3.05) is 17.1 Å². The van der Waals surface area contributed by atoms with Gasteiger partial charge in [-0.25, -0.2) is 8.42 Å². The fourth-order valence-corrected chi connectivity index (χ4v) is 3.79. The number of sulfonamides is 1. The predicted octanol–water partition coefficient (Wildman–Crippen LogP) is 3.75. The van der Waals surface area contributed by atoms with Crippen molar-refractivity contribution < 1.29 is 13.2 Å². The third-order valence-electron chi connectivity index (χ3n) is 4.36. The lowest BCUT2D eigenvalue weighted by molar-refractivity contribution is 0.0940. The number of anilines is 1. The molecule has 1 unspecified atom stereocenters. The van der Waals surface area contributed by atoms with Crippen molar-refractivity contribution in [1.29, 1.82) is 0 Å².